The van der Waals surface area contributed by atoms with Crippen LogP contribution in [0.4, 0.5) is 5.69 Å². The molecule has 1 unspecified atom stereocenters. The first-order valence-electron chi connectivity index (χ1n) is 5.08. The number of hydrogen-bond donors (Lipinski definition) is 1. The molecule has 0 heterocycles. The summed E-state index contributed by atoms with van der Waals surface area (Å²) in [5.41, 5.74) is 2.33. The number of benzene rings is 1. The summed E-state index contributed by atoms with van der Waals surface area (Å²) in [6.07, 6.45) is 1.11. The average molecular weight is 193 g/mol. The highest BCUT2D eigenvalue weighted by Crippen LogP contribution is 2.26. The molecule has 0 radical (unpaired) electrons. The van der Waals surface area contributed by atoms with Crippen molar-refractivity contribution in [2.24, 2.45) is 0 Å². The minimum absolute atomic E-state index is 0.477. The lowest BCUT2D eigenvalue weighted by molar-refractivity contribution is 0.416. The summed E-state index contributed by atoms with van der Waals surface area (Å²) < 4.78 is 5.28. The molecule has 1 atom stereocenters. The molecule has 2 nitrogen and oxygen atoms in total. The van der Waals surface area contributed by atoms with Crippen LogP contribution in [0.1, 0.15) is 25.8 Å². The summed E-state index contributed by atoms with van der Waals surface area (Å²) in [6.45, 7) is 6.42. The highest BCUT2D eigenvalue weighted by molar-refractivity contribution is 5.58. The fraction of sp³-hybridized carbons (Fsp3) is 0.500. The quantitative estimate of drug-likeness (QED) is 0.792. The second kappa shape index (κ2) is 4.89. The van der Waals surface area contributed by atoms with Gasteiger partial charge in [-0.25, -0.2) is 0 Å². The largest absolute Gasteiger partial charge is 0.495 e. The van der Waals surface area contributed by atoms with E-state index in [4.69, 9.17) is 4.74 Å². The Morgan fingerprint density at radius 1 is 1.43 bits per heavy atom. The molecule has 0 bridgehead atoms. The fourth-order valence-electron chi connectivity index (χ4n) is 1.30. The van der Waals surface area contributed by atoms with Crippen LogP contribution in [0.2, 0.25) is 0 Å². The first kappa shape index (κ1) is 10.9. The molecule has 0 aliphatic rings. The standard InChI is InChI=1S/C12H19NO/c1-5-10(3)13-11-8-9(2)6-7-12(11)14-4/h6-8,10,13H,5H2,1-4H3. The van der Waals surface area contributed by atoms with Crippen LogP contribution < -0.4 is 10.1 Å². The van der Waals surface area contributed by atoms with Gasteiger partial charge in [-0.05, 0) is 38.0 Å². The Morgan fingerprint density at radius 2 is 2.14 bits per heavy atom. The molecular formula is C12H19NO. The summed E-state index contributed by atoms with van der Waals surface area (Å²) in [5.74, 6) is 0.913. The maximum absolute atomic E-state index is 5.28. The Hall–Kier alpha value is -1.18. The zero-order valence-electron chi connectivity index (χ0n) is 9.42. The summed E-state index contributed by atoms with van der Waals surface area (Å²) in [5, 5.41) is 3.43. The van der Waals surface area contributed by atoms with E-state index in [1.54, 1.807) is 7.11 Å². The van der Waals surface area contributed by atoms with Gasteiger partial charge < -0.3 is 10.1 Å². The molecule has 0 aliphatic heterocycles. The van der Waals surface area contributed by atoms with E-state index in [0.717, 1.165) is 17.9 Å². The average Bonchev–Trinajstić information content (AvgIpc) is 2.18. The number of nitrogens with one attached hydrogen (secondary N) is 1. The number of methoxy groups -OCH3 is 1. The van der Waals surface area contributed by atoms with Crippen molar-refractivity contribution in [3.63, 3.8) is 0 Å². The van der Waals surface area contributed by atoms with Crippen LogP contribution in [0, 0.1) is 6.92 Å². The van der Waals surface area contributed by atoms with Gasteiger partial charge in [-0.3, -0.25) is 0 Å². The SMILES string of the molecule is CCC(C)Nc1cc(C)ccc1OC. The van der Waals surface area contributed by atoms with Gasteiger partial charge in [0.1, 0.15) is 5.75 Å². The first-order chi connectivity index (χ1) is 6.67. The van der Waals surface area contributed by atoms with Crippen LogP contribution in [-0.2, 0) is 0 Å². The van der Waals surface area contributed by atoms with Crippen molar-refractivity contribution in [2.75, 3.05) is 12.4 Å². The number of aryl methyl sites for hydroxylation is 1. The maximum atomic E-state index is 5.28. The van der Waals surface area contributed by atoms with E-state index in [9.17, 15) is 0 Å². The molecule has 0 saturated heterocycles. The third kappa shape index (κ3) is 2.66. The van der Waals surface area contributed by atoms with E-state index in [1.807, 2.05) is 6.07 Å². The van der Waals surface area contributed by atoms with Crippen molar-refractivity contribution in [2.45, 2.75) is 33.2 Å². The molecule has 0 fully saturated rings. The second-order valence-corrected chi connectivity index (χ2v) is 3.66. The molecule has 0 aromatic heterocycles. The number of hydrogen-bond acceptors (Lipinski definition) is 2. The lowest BCUT2D eigenvalue weighted by atomic mass is 10.2. The van der Waals surface area contributed by atoms with Gasteiger partial charge in [0.25, 0.3) is 0 Å². The summed E-state index contributed by atoms with van der Waals surface area (Å²) in [7, 11) is 1.70. The van der Waals surface area contributed by atoms with Crippen molar-refractivity contribution in [1.82, 2.24) is 0 Å². The van der Waals surface area contributed by atoms with Gasteiger partial charge in [-0.15, -0.1) is 0 Å². The third-order valence-corrected chi connectivity index (χ3v) is 2.37. The zero-order valence-corrected chi connectivity index (χ0v) is 9.42. The van der Waals surface area contributed by atoms with Gasteiger partial charge >= 0.3 is 0 Å². The van der Waals surface area contributed by atoms with E-state index < -0.39 is 0 Å². The summed E-state index contributed by atoms with van der Waals surface area (Å²) >= 11 is 0. The van der Waals surface area contributed by atoms with Crippen LogP contribution >= 0.6 is 0 Å². The molecule has 1 aromatic rings. The molecule has 78 valence electrons. The predicted octanol–water partition coefficient (Wildman–Crippen LogP) is 3.21. The Bertz CT molecular complexity index is 296. The fourth-order valence-corrected chi connectivity index (χ4v) is 1.30. The lowest BCUT2D eigenvalue weighted by Crippen LogP contribution is -2.14. The Labute approximate surface area is 86.3 Å². The first-order valence-corrected chi connectivity index (χ1v) is 5.08. The van der Waals surface area contributed by atoms with Crippen LogP contribution in [-0.4, -0.2) is 13.2 Å². The molecule has 0 amide bonds. The second-order valence-electron chi connectivity index (χ2n) is 3.66. The van der Waals surface area contributed by atoms with Crippen molar-refractivity contribution < 1.29 is 4.74 Å². The van der Waals surface area contributed by atoms with E-state index in [0.29, 0.717) is 6.04 Å². The Kier molecular flexibility index (Phi) is 3.81. The van der Waals surface area contributed by atoms with E-state index in [2.05, 4.69) is 38.2 Å². The van der Waals surface area contributed by atoms with Crippen molar-refractivity contribution in [3.8, 4) is 5.75 Å². The normalized spacial score (nSPS) is 12.3. The van der Waals surface area contributed by atoms with Gasteiger partial charge in [-0.2, -0.15) is 0 Å². The molecule has 1 aromatic carbocycles. The maximum Gasteiger partial charge on any atom is 0.141 e. The van der Waals surface area contributed by atoms with Crippen LogP contribution in [0.15, 0.2) is 18.2 Å². The van der Waals surface area contributed by atoms with Gasteiger partial charge in [0.05, 0.1) is 12.8 Å². The molecular weight excluding hydrogens is 174 g/mol. The number of rotatable bonds is 4. The lowest BCUT2D eigenvalue weighted by Gasteiger charge is -2.16. The summed E-state index contributed by atoms with van der Waals surface area (Å²) in [6, 6.07) is 6.65. The minimum Gasteiger partial charge on any atom is -0.495 e. The Morgan fingerprint density at radius 3 is 2.71 bits per heavy atom. The van der Waals surface area contributed by atoms with E-state index in [-0.39, 0.29) is 0 Å². The van der Waals surface area contributed by atoms with Crippen LogP contribution in [0.25, 0.3) is 0 Å². The molecule has 0 spiro atoms. The van der Waals surface area contributed by atoms with Gasteiger partial charge in [0.15, 0.2) is 0 Å². The molecule has 0 aliphatic carbocycles. The van der Waals surface area contributed by atoms with E-state index >= 15 is 0 Å². The summed E-state index contributed by atoms with van der Waals surface area (Å²) in [4.78, 5) is 0. The van der Waals surface area contributed by atoms with Gasteiger partial charge in [-0.1, -0.05) is 13.0 Å². The number of ether oxygens (including phenoxy) is 1. The monoisotopic (exact) mass is 193 g/mol. The van der Waals surface area contributed by atoms with Crippen LogP contribution in [0.3, 0.4) is 0 Å². The molecule has 0 saturated carbocycles. The van der Waals surface area contributed by atoms with Crippen molar-refractivity contribution in [3.05, 3.63) is 23.8 Å². The third-order valence-electron chi connectivity index (χ3n) is 2.37. The minimum atomic E-state index is 0.477. The molecule has 1 rings (SSSR count). The van der Waals surface area contributed by atoms with Crippen molar-refractivity contribution in [1.29, 1.82) is 0 Å². The van der Waals surface area contributed by atoms with E-state index in [1.165, 1.54) is 5.56 Å². The number of anilines is 1. The molecule has 2 heteroatoms. The highest BCUT2D eigenvalue weighted by atomic mass is 16.5. The topological polar surface area (TPSA) is 21.3 Å². The van der Waals surface area contributed by atoms with Crippen molar-refractivity contribution >= 4 is 5.69 Å². The predicted molar refractivity (Wildman–Crippen MR) is 61.1 cm³/mol. The van der Waals surface area contributed by atoms with Crippen LogP contribution in [0.5, 0.6) is 5.75 Å². The van der Waals surface area contributed by atoms with Gasteiger partial charge in [0, 0.05) is 6.04 Å². The van der Waals surface area contributed by atoms with Gasteiger partial charge in [0.2, 0.25) is 0 Å². The smallest absolute Gasteiger partial charge is 0.141 e. The molecule has 1 N–H and O–H groups in total. The zero-order chi connectivity index (χ0) is 10.6. The molecule has 14 heavy (non-hydrogen) atoms. The highest BCUT2D eigenvalue weighted by Gasteiger charge is 2.05. The Balaban J connectivity index is 2.87.